The Balaban J connectivity index is 1.97. The molecule has 0 aliphatic heterocycles. The van der Waals surface area contributed by atoms with Gasteiger partial charge in [0.15, 0.2) is 0 Å². The van der Waals surface area contributed by atoms with Gasteiger partial charge < -0.3 is 14.2 Å². The second-order valence-corrected chi connectivity index (χ2v) is 11.3. The Morgan fingerprint density at radius 2 is 1.83 bits per heavy atom. The van der Waals surface area contributed by atoms with Crippen molar-refractivity contribution in [3.8, 4) is 0 Å². The predicted molar refractivity (Wildman–Crippen MR) is 138 cm³/mol. The molecule has 188 valence electrons. The van der Waals surface area contributed by atoms with Gasteiger partial charge in [0.05, 0.1) is 41.4 Å². The third-order valence-electron chi connectivity index (χ3n) is 5.38. The van der Waals surface area contributed by atoms with E-state index in [0.717, 1.165) is 0 Å². The van der Waals surface area contributed by atoms with Crippen LogP contribution in [0.15, 0.2) is 53.8 Å². The SMILES string of the molecule is COCCn1c(CN(C(=O)c2ccc(Cl)cc2Cl)C(C)C)cnc1S(=O)(=O)Cc1ccccc1Cl. The Morgan fingerprint density at radius 3 is 2.46 bits per heavy atom. The molecule has 0 bridgehead atoms. The first-order valence-corrected chi connectivity index (χ1v) is 13.6. The van der Waals surface area contributed by atoms with E-state index in [1.165, 1.54) is 19.4 Å². The highest BCUT2D eigenvalue weighted by Crippen LogP contribution is 2.26. The summed E-state index contributed by atoms with van der Waals surface area (Å²) in [4.78, 5) is 19.2. The van der Waals surface area contributed by atoms with Crippen LogP contribution in [0.4, 0.5) is 0 Å². The average molecular weight is 559 g/mol. The summed E-state index contributed by atoms with van der Waals surface area (Å²) in [7, 11) is -2.31. The van der Waals surface area contributed by atoms with Crippen molar-refractivity contribution >= 4 is 50.5 Å². The van der Waals surface area contributed by atoms with Gasteiger partial charge in [-0.2, -0.15) is 0 Å². The van der Waals surface area contributed by atoms with Crippen molar-refractivity contribution in [2.24, 2.45) is 0 Å². The Kier molecular flexibility index (Phi) is 9.23. The van der Waals surface area contributed by atoms with E-state index < -0.39 is 9.84 Å². The van der Waals surface area contributed by atoms with Gasteiger partial charge in [0.1, 0.15) is 0 Å². The van der Waals surface area contributed by atoms with Crippen LogP contribution in [-0.2, 0) is 33.4 Å². The van der Waals surface area contributed by atoms with Gasteiger partial charge in [-0.15, -0.1) is 0 Å². The van der Waals surface area contributed by atoms with Gasteiger partial charge in [0.2, 0.25) is 15.0 Å². The molecule has 0 saturated carbocycles. The number of benzene rings is 2. The summed E-state index contributed by atoms with van der Waals surface area (Å²) in [6, 6.07) is 11.3. The third kappa shape index (κ3) is 6.57. The Hall–Kier alpha value is -2.10. The Morgan fingerprint density at radius 1 is 1.11 bits per heavy atom. The molecular weight excluding hydrogens is 533 g/mol. The third-order valence-corrected chi connectivity index (χ3v) is 7.87. The second kappa shape index (κ2) is 11.8. The number of carbonyl (C=O) groups excluding carboxylic acids is 1. The molecule has 35 heavy (non-hydrogen) atoms. The van der Waals surface area contributed by atoms with Crippen molar-refractivity contribution in [1.82, 2.24) is 14.5 Å². The van der Waals surface area contributed by atoms with Crippen molar-refractivity contribution in [2.75, 3.05) is 13.7 Å². The lowest BCUT2D eigenvalue weighted by Gasteiger charge is -2.28. The lowest BCUT2D eigenvalue weighted by molar-refractivity contribution is 0.0684. The van der Waals surface area contributed by atoms with Gasteiger partial charge in [-0.1, -0.05) is 53.0 Å². The number of amides is 1. The summed E-state index contributed by atoms with van der Waals surface area (Å²) >= 11 is 18.4. The number of sulfone groups is 1. The number of nitrogens with zero attached hydrogens (tertiary/aromatic N) is 3. The summed E-state index contributed by atoms with van der Waals surface area (Å²) in [5.74, 6) is -0.606. The maximum absolute atomic E-state index is 13.3. The Labute approximate surface area is 220 Å². The molecule has 1 heterocycles. The largest absolute Gasteiger partial charge is 0.383 e. The maximum atomic E-state index is 13.3. The van der Waals surface area contributed by atoms with Gasteiger partial charge in [-0.3, -0.25) is 4.79 Å². The van der Waals surface area contributed by atoms with Crippen molar-refractivity contribution < 1.29 is 17.9 Å². The number of aromatic nitrogens is 2. The van der Waals surface area contributed by atoms with Crippen molar-refractivity contribution in [3.05, 3.63) is 80.6 Å². The first-order valence-electron chi connectivity index (χ1n) is 10.8. The van der Waals surface area contributed by atoms with Gasteiger partial charge in [0.25, 0.3) is 5.91 Å². The molecule has 0 radical (unpaired) electrons. The summed E-state index contributed by atoms with van der Waals surface area (Å²) in [6.45, 7) is 4.36. The highest BCUT2D eigenvalue weighted by molar-refractivity contribution is 7.90. The van der Waals surface area contributed by atoms with Gasteiger partial charge >= 0.3 is 0 Å². The quantitative estimate of drug-likeness (QED) is 0.328. The van der Waals surface area contributed by atoms with E-state index >= 15 is 0 Å². The van der Waals surface area contributed by atoms with Crippen LogP contribution in [0.2, 0.25) is 15.1 Å². The fraction of sp³-hybridized carbons (Fsp3) is 0.333. The molecule has 0 N–H and O–H groups in total. The zero-order valence-corrected chi connectivity index (χ0v) is 22.6. The highest BCUT2D eigenvalue weighted by Gasteiger charge is 2.28. The van der Waals surface area contributed by atoms with Gasteiger partial charge in [-0.05, 0) is 43.7 Å². The molecule has 0 fully saturated rings. The standard InChI is InChI=1S/C24H26Cl3N3O4S/c1-16(2)30(23(31)20-9-8-18(25)12-22(20)27)14-19-13-28-24(29(19)10-11-34-3)35(32,33)15-17-6-4-5-7-21(17)26/h4-9,12-13,16H,10-11,14-15H2,1-3H3. The topological polar surface area (TPSA) is 81.5 Å². The Bertz CT molecular complexity index is 1310. The first-order chi connectivity index (χ1) is 16.5. The van der Waals surface area contributed by atoms with Gasteiger partial charge in [-0.25, -0.2) is 13.4 Å². The van der Waals surface area contributed by atoms with E-state index in [9.17, 15) is 13.2 Å². The molecule has 11 heteroatoms. The minimum absolute atomic E-state index is 0.106. The van der Waals surface area contributed by atoms with Crippen LogP contribution < -0.4 is 0 Å². The fourth-order valence-corrected chi connectivity index (χ4v) is 5.87. The molecule has 1 aromatic heterocycles. The van der Waals surface area contributed by atoms with Crippen LogP contribution in [0.25, 0.3) is 0 Å². The van der Waals surface area contributed by atoms with E-state index in [1.54, 1.807) is 45.9 Å². The fourth-order valence-electron chi connectivity index (χ4n) is 3.55. The van der Waals surface area contributed by atoms with Crippen LogP contribution in [-0.4, -0.2) is 48.5 Å². The summed E-state index contributed by atoms with van der Waals surface area (Å²) in [6.07, 6.45) is 1.47. The number of methoxy groups -OCH3 is 1. The molecule has 3 aromatic rings. The molecule has 1 amide bonds. The molecule has 2 aromatic carbocycles. The van der Waals surface area contributed by atoms with Crippen LogP contribution in [0.3, 0.4) is 0 Å². The zero-order valence-electron chi connectivity index (χ0n) is 19.5. The monoisotopic (exact) mass is 557 g/mol. The zero-order chi connectivity index (χ0) is 25.8. The molecule has 0 aliphatic carbocycles. The summed E-state index contributed by atoms with van der Waals surface area (Å²) in [5, 5.41) is 0.922. The molecule has 0 atom stereocenters. The number of halogens is 3. The minimum Gasteiger partial charge on any atom is -0.383 e. The molecule has 0 spiro atoms. The van der Waals surface area contributed by atoms with Crippen LogP contribution in [0.5, 0.6) is 0 Å². The van der Waals surface area contributed by atoms with E-state index in [0.29, 0.717) is 26.9 Å². The lowest BCUT2D eigenvalue weighted by Crippen LogP contribution is -2.37. The predicted octanol–water partition coefficient (Wildman–Crippen LogP) is 5.51. The van der Waals surface area contributed by atoms with E-state index in [-0.39, 0.29) is 47.6 Å². The van der Waals surface area contributed by atoms with Crippen molar-refractivity contribution in [1.29, 1.82) is 0 Å². The molecule has 3 rings (SSSR count). The summed E-state index contributed by atoms with van der Waals surface area (Å²) in [5.41, 5.74) is 1.33. The molecule has 0 saturated heterocycles. The number of imidazole rings is 1. The highest BCUT2D eigenvalue weighted by atomic mass is 35.5. The van der Waals surface area contributed by atoms with Crippen molar-refractivity contribution in [3.63, 3.8) is 0 Å². The number of hydrogen-bond acceptors (Lipinski definition) is 5. The maximum Gasteiger partial charge on any atom is 0.255 e. The van der Waals surface area contributed by atoms with E-state index in [4.69, 9.17) is 39.5 Å². The number of carbonyl (C=O) groups is 1. The number of ether oxygens (including phenoxy) is 1. The number of rotatable bonds is 10. The summed E-state index contributed by atoms with van der Waals surface area (Å²) < 4.78 is 33.4. The van der Waals surface area contributed by atoms with Crippen LogP contribution in [0, 0.1) is 0 Å². The van der Waals surface area contributed by atoms with Crippen LogP contribution >= 0.6 is 34.8 Å². The molecule has 7 nitrogen and oxygen atoms in total. The van der Waals surface area contributed by atoms with Crippen LogP contribution in [0.1, 0.15) is 35.5 Å². The van der Waals surface area contributed by atoms with Gasteiger partial charge in [0, 0.05) is 29.7 Å². The number of hydrogen-bond donors (Lipinski definition) is 0. The first kappa shape index (κ1) is 27.5. The lowest BCUT2D eigenvalue weighted by atomic mass is 10.1. The average Bonchev–Trinajstić information content (AvgIpc) is 3.20. The van der Waals surface area contributed by atoms with Crippen molar-refractivity contribution in [2.45, 2.75) is 43.9 Å². The molecule has 0 unspecified atom stereocenters. The van der Waals surface area contributed by atoms with E-state index in [1.807, 2.05) is 13.8 Å². The van der Waals surface area contributed by atoms with E-state index in [2.05, 4.69) is 4.98 Å². The minimum atomic E-state index is -3.84. The molecular formula is C24H26Cl3N3O4S. The second-order valence-electron chi connectivity index (χ2n) is 8.18. The molecule has 0 aliphatic rings. The smallest absolute Gasteiger partial charge is 0.255 e. The normalized spacial score (nSPS) is 11.7.